The van der Waals surface area contributed by atoms with Crippen molar-refractivity contribution in [3.8, 4) is 0 Å². The number of hydrogen-bond donors (Lipinski definition) is 2. The molecule has 1 unspecified atom stereocenters. The third kappa shape index (κ3) is 3.04. The Kier molecular flexibility index (Phi) is 4.49. The number of aromatic nitrogens is 1. The normalized spacial score (nSPS) is 19.4. The molecule has 2 rings (SSSR count). The molecule has 4 N–H and O–H groups in total. The standard InChI is InChI=1S/C13H23N5OS/c1-8(2)17(3)12(19)10-11(15)16-13(20-10)18-6-4-5-9(14)7-18/h8-9H,4-7,14-15H2,1-3H3. The Morgan fingerprint density at radius 1 is 1.55 bits per heavy atom. The highest BCUT2D eigenvalue weighted by molar-refractivity contribution is 7.18. The van der Waals surface area contributed by atoms with Crippen molar-refractivity contribution in [2.24, 2.45) is 5.73 Å². The van der Waals surface area contributed by atoms with Crippen molar-refractivity contribution in [2.75, 3.05) is 30.8 Å². The van der Waals surface area contributed by atoms with Crippen LogP contribution in [0.2, 0.25) is 0 Å². The first-order valence-electron chi connectivity index (χ1n) is 6.94. The summed E-state index contributed by atoms with van der Waals surface area (Å²) in [6.45, 7) is 5.65. The Hall–Kier alpha value is -1.34. The van der Waals surface area contributed by atoms with E-state index in [2.05, 4.69) is 9.88 Å². The van der Waals surface area contributed by atoms with Crippen LogP contribution in [0.4, 0.5) is 10.9 Å². The van der Waals surface area contributed by atoms with Gasteiger partial charge in [-0.2, -0.15) is 0 Å². The SMILES string of the molecule is CC(C)N(C)C(=O)c1sc(N2CCCC(N)C2)nc1N. The molecule has 6 nitrogen and oxygen atoms in total. The van der Waals surface area contributed by atoms with E-state index in [1.807, 2.05) is 13.8 Å². The highest BCUT2D eigenvalue weighted by Crippen LogP contribution is 2.30. The lowest BCUT2D eigenvalue weighted by Gasteiger charge is -2.30. The number of anilines is 2. The number of carbonyl (C=O) groups is 1. The number of nitrogens with two attached hydrogens (primary N) is 2. The van der Waals surface area contributed by atoms with E-state index in [1.165, 1.54) is 11.3 Å². The van der Waals surface area contributed by atoms with Gasteiger partial charge < -0.3 is 21.3 Å². The highest BCUT2D eigenvalue weighted by Gasteiger charge is 2.25. The van der Waals surface area contributed by atoms with Crippen molar-refractivity contribution in [1.29, 1.82) is 0 Å². The van der Waals surface area contributed by atoms with Gasteiger partial charge in [0, 0.05) is 32.2 Å². The van der Waals surface area contributed by atoms with Crippen LogP contribution in [-0.2, 0) is 0 Å². The van der Waals surface area contributed by atoms with E-state index in [0.29, 0.717) is 10.7 Å². The van der Waals surface area contributed by atoms with Gasteiger partial charge in [0.2, 0.25) is 0 Å². The van der Waals surface area contributed by atoms with E-state index >= 15 is 0 Å². The predicted octanol–water partition coefficient (Wildman–Crippen LogP) is 1.13. The van der Waals surface area contributed by atoms with Crippen molar-refractivity contribution in [2.45, 2.75) is 38.8 Å². The molecule has 0 radical (unpaired) electrons. The first-order valence-corrected chi connectivity index (χ1v) is 7.75. The summed E-state index contributed by atoms with van der Waals surface area (Å²) in [4.78, 5) is 21.0. The second-order valence-corrected chi connectivity index (χ2v) is 6.55. The zero-order valence-electron chi connectivity index (χ0n) is 12.3. The number of thiazole rings is 1. The van der Waals surface area contributed by atoms with Crippen molar-refractivity contribution in [3.05, 3.63) is 4.88 Å². The molecule has 0 saturated carbocycles. The van der Waals surface area contributed by atoms with Crippen LogP contribution in [0.25, 0.3) is 0 Å². The smallest absolute Gasteiger partial charge is 0.267 e. The number of amides is 1. The molecule has 0 spiro atoms. The number of piperidine rings is 1. The van der Waals surface area contributed by atoms with Crippen LogP contribution in [0, 0.1) is 0 Å². The van der Waals surface area contributed by atoms with Crippen molar-refractivity contribution >= 4 is 28.2 Å². The summed E-state index contributed by atoms with van der Waals surface area (Å²) in [7, 11) is 1.78. The highest BCUT2D eigenvalue weighted by atomic mass is 32.1. The van der Waals surface area contributed by atoms with Gasteiger partial charge >= 0.3 is 0 Å². The Bertz CT molecular complexity index is 487. The fourth-order valence-electron chi connectivity index (χ4n) is 2.19. The molecule has 20 heavy (non-hydrogen) atoms. The van der Waals surface area contributed by atoms with E-state index in [-0.39, 0.29) is 18.0 Å². The zero-order chi connectivity index (χ0) is 14.9. The van der Waals surface area contributed by atoms with Gasteiger partial charge in [-0.3, -0.25) is 4.79 Å². The molecule has 2 heterocycles. The molecule has 1 saturated heterocycles. The molecular formula is C13H23N5OS. The van der Waals surface area contributed by atoms with Crippen LogP contribution in [-0.4, -0.2) is 48.0 Å². The molecule has 1 aromatic heterocycles. The van der Waals surface area contributed by atoms with Gasteiger partial charge in [0.1, 0.15) is 10.7 Å². The molecule has 1 aliphatic rings. The van der Waals surface area contributed by atoms with Crippen LogP contribution in [0.15, 0.2) is 0 Å². The first kappa shape index (κ1) is 15.1. The van der Waals surface area contributed by atoms with E-state index in [1.54, 1.807) is 11.9 Å². The minimum Gasteiger partial charge on any atom is -0.382 e. The topological polar surface area (TPSA) is 88.5 Å². The van der Waals surface area contributed by atoms with Gasteiger partial charge in [-0.1, -0.05) is 11.3 Å². The third-order valence-electron chi connectivity index (χ3n) is 3.66. The molecule has 1 fully saturated rings. The Morgan fingerprint density at radius 3 is 2.85 bits per heavy atom. The van der Waals surface area contributed by atoms with Gasteiger partial charge in [-0.25, -0.2) is 4.98 Å². The number of hydrogen-bond acceptors (Lipinski definition) is 6. The van der Waals surface area contributed by atoms with Gasteiger partial charge in [0.25, 0.3) is 5.91 Å². The minimum atomic E-state index is -0.0671. The summed E-state index contributed by atoms with van der Waals surface area (Å²) in [5.41, 5.74) is 11.9. The number of nitrogen functional groups attached to an aromatic ring is 1. The predicted molar refractivity (Wildman–Crippen MR) is 83.2 cm³/mol. The molecule has 0 aromatic carbocycles. The van der Waals surface area contributed by atoms with Crippen LogP contribution >= 0.6 is 11.3 Å². The third-order valence-corrected chi connectivity index (χ3v) is 4.78. The van der Waals surface area contributed by atoms with Crippen LogP contribution in [0.5, 0.6) is 0 Å². The summed E-state index contributed by atoms with van der Waals surface area (Å²) in [5, 5.41) is 0.804. The molecule has 0 bridgehead atoms. The molecular weight excluding hydrogens is 274 g/mol. The van der Waals surface area contributed by atoms with E-state index in [4.69, 9.17) is 11.5 Å². The maximum absolute atomic E-state index is 12.3. The monoisotopic (exact) mass is 297 g/mol. The average Bonchev–Trinajstić information content (AvgIpc) is 2.79. The molecule has 1 aliphatic heterocycles. The van der Waals surface area contributed by atoms with Gasteiger partial charge in [-0.05, 0) is 26.7 Å². The lowest BCUT2D eigenvalue weighted by molar-refractivity contribution is 0.0760. The van der Waals surface area contributed by atoms with Crippen molar-refractivity contribution < 1.29 is 4.79 Å². The first-order chi connectivity index (χ1) is 9.40. The van der Waals surface area contributed by atoms with Crippen LogP contribution < -0.4 is 16.4 Å². The van der Waals surface area contributed by atoms with Gasteiger partial charge in [0.05, 0.1) is 0 Å². The molecule has 112 valence electrons. The van der Waals surface area contributed by atoms with Crippen molar-refractivity contribution in [3.63, 3.8) is 0 Å². The number of rotatable bonds is 3. The van der Waals surface area contributed by atoms with Crippen molar-refractivity contribution in [1.82, 2.24) is 9.88 Å². The molecule has 1 amide bonds. The summed E-state index contributed by atoms with van der Waals surface area (Å²) < 4.78 is 0. The maximum Gasteiger partial charge on any atom is 0.267 e. The maximum atomic E-state index is 12.3. The van der Waals surface area contributed by atoms with E-state index in [9.17, 15) is 4.79 Å². The fourth-order valence-corrected chi connectivity index (χ4v) is 3.19. The second kappa shape index (κ2) is 5.97. The Balaban J connectivity index is 2.19. The summed E-state index contributed by atoms with van der Waals surface area (Å²) >= 11 is 1.36. The summed E-state index contributed by atoms with van der Waals surface area (Å²) in [6, 6.07) is 0.308. The van der Waals surface area contributed by atoms with Crippen LogP contribution in [0.1, 0.15) is 36.4 Å². The van der Waals surface area contributed by atoms with Gasteiger partial charge in [0.15, 0.2) is 5.13 Å². The summed E-state index contributed by atoms with van der Waals surface area (Å²) in [5.74, 6) is 0.254. The largest absolute Gasteiger partial charge is 0.382 e. The van der Waals surface area contributed by atoms with E-state index in [0.717, 1.165) is 31.1 Å². The summed E-state index contributed by atoms with van der Waals surface area (Å²) in [6.07, 6.45) is 2.09. The quantitative estimate of drug-likeness (QED) is 0.873. The fraction of sp³-hybridized carbons (Fsp3) is 0.692. The second-order valence-electron chi connectivity index (χ2n) is 5.57. The zero-order valence-corrected chi connectivity index (χ0v) is 13.1. The average molecular weight is 297 g/mol. The van der Waals surface area contributed by atoms with Crippen LogP contribution in [0.3, 0.4) is 0 Å². The Labute approximate surface area is 123 Å². The Morgan fingerprint density at radius 2 is 2.25 bits per heavy atom. The van der Waals surface area contributed by atoms with E-state index < -0.39 is 0 Å². The molecule has 1 atom stereocenters. The number of nitrogens with zero attached hydrogens (tertiary/aromatic N) is 3. The minimum absolute atomic E-state index is 0.0671. The lowest BCUT2D eigenvalue weighted by atomic mass is 10.1. The number of carbonyl (C=O) groups excluding carboxylic acids is 1. The molecule has 7 heteroatoms. The lowest BCUT2D eigenvalue weighted by Crippen LogP contribution is -2.42. The van der Waals surface area contributed by atoms with Gasteiger partial charge in [-0.15, -0.1) is 0 Å². The molecule has 0 aliphatic carbocycles. The molecule has 1 aromatic rings.